The largest absolute Gasteiger partial charge is 0.388 e. The van der Waals surface area contributed by atoms with Crippen molar-refractivity contribution in [3.8, 4) is 0 Å². The molecule has 0 radical (unpaired) electrons. The molecular weight excluding hydrogens is 216 g/mol. The predicted molar refractivity (Wildman–Crippen MR) is 69.6 cm³/mol. The molecule has 1 aliphatic carbocycles. The van der Waals surface area contributed by atoms with Gasteiger partial charge in [-0.3, -0.25) is 0 Å². The second-order valence-electron chi connectivity index (χ2n) is 5.89. The van der Waals surface area contributed by atoms with Crippen LogP contribution in [0.1, 0.15) is 51.7 Å². The van der Waals surface area contributed by atoms with E-state index in [1.165, 1.54) is 19.3 Å². The average molecular weight is 238 g/mol. The van der Waals surface area contributed by atoms with Gasteiger partial charge in [-0.2, -0.15) is 11.3 Å². The molecule has 1 aromatic heterocycles. The fourth-order valence-electron chi connectivity index (χ4n) is 3.39. The molecule has 0 bridgehead atoms. The molecular formula is C14H22OS. The third-order valence-electron chi connectivity index (χ3n) is 4.22. The summed E-state index contributed by atoms with van der Waals surface area (Å²) in [5, 5.41) is 14.7. The Kier molecular flexibility index (Phi) is 3.41. The highest BCUT2D eigenvalue weighted by Gasteiger charge is 2.41. The molecule has 0 aliphatic heterocycles. The van der Waals surface area contributed by atoms with Crippen molar-refractivity contribution in [2.75, 3.05) is 0 Å². The van der Waals surface area contributed by atoms with Crippen LogP contribution >= 0.6 is 11.3 Å². The van der Waals surface area contributed by atoms with Gasteiger partial charge in [-0.05, 0) is 46.1 Å². The van der Waals surface area contributed by atoms with E-state index >= 15 is 0 Å². The van der Waals surface area contributed by atoms with E-state index in [0.717, 1.165) is 5.56 Å². The quantitative estimate of drug-likeness (QED) is 0.817. The Morgan fingerprint density at radius 3 is 2.81 bits per heavy atom. The summed E-state index contributed by atoms with van der Waals surface area (Å²) in [5.41, 5.74) is 1.37. The summed E-state index contributed by atoms with van der Waals surface area (Å²) in [6.07, 6.45) is 3.52. The van der Waals surface area contributed by atoms with Crippen molar-refractivity contribution >= 4 is 11.3 Å². The molecule has 0 saturated heterocycles. The van der Waals surface area contributed by atoms with Gasteiger partial charge in [-0.15, -0.1) is 0 Å². The zero-order chi connectivity index (χ0) is 11.8. The highest BCUT2D eigenvalue weighted by Crippen LogP contribution is 2.49. The maximum Gasteiger partial charge on any atom is 0.0833 e. The maximum atomic E-state index is 10.5. The molecule has 1 aliphatic rings. The summed E-state index contributed by atoms with van der Waals surface area (Å²) in [5.74, 6) is 1.02. The van der Waals surface area contributed by atoms with Gasteiger partial charge in [0, 0.05) is 0 Å². The first-order chi connectivity index (χ1) is 7.52. The van der Waals surface area contributed by atoms with Crippen molar-refractivity contribution < 1.29 is 5.11 Å². The Labute approximate surface area is 103 Å². The summed E-state index contributed by atoms with van der Waals surface area (Å²) in [4.78, 5) is 0. The van der Waals surface area contributed by atoms with E-state index in [1.54, 1.807) is 11.3 Å². The number of hydrogen-bond donors (Lipinski definition) is 1. The minimum atomic E-state index is -0.281. The zero-order valence-electron chi connectivity index (χ0n) is 10.4. The van der Waals surface area contributed by atoms with E-state index in [9.17, 15) is 5.11 Å². The summed E-state index contributed by atoms with van der Waals surface area (Å²) < 4.78 is 0. The van der Waals surface area contributed by atoms with Crippen LogP contribution in [0.25, 0.3) is 0 Å². The molecule has 16 heavy (non-hydrogen) atoms. The van der Waals surface area contributed by atoms with Crippen LogP contribution < -0.4 is 0 Å². The normalized spacial score (nSPS) is 31.2. The molecule has 0 spiro atoms. The third-order valence-corrected chi connectivity index (χ3v) is 4.92. The van der Waals surface area contributed by atoms with Crippen LogP contribution in [-0.2, 0) is 0 Å². The fourth-order valence-corrected chi connectivity index (χ4v) is 4.07. The molecule has 2 rings (SSSR count). The highest BCUT2D eigenvalue weighted by molar-refractivity contribution is 7.07. The Balaban J connectivity index is 2.23. The number of rotatable bonds is 2. The van der Waals surface area contributed by atoms with Gasteiger partial charge in [-0.1, -0.05) is 33.6 Å². The number of aliphatic hydroxyl groups excluding tert-OH is 1. The van der Waals surface area contributed by atoms with Gasteiger partial charge in [0.05, 0.1) is 6.10 Å². The van der Waals surface area contributed by atoms with Gasteiger partial charge in [0.25, 0.3) is 0 Å². The van der Waals surface area contributed by atoms with Crippen LogP contribution in [0.4, 0.5) is 0 Å². The molecule has 1 saturated carbocycles. The molecule has 0 amide bonds. The van der Waals surface area contributed by atoms with Crippen LogP contribution in [0.5, 0.6) is 0 Å². The molecule has 1 fully saturated rings. The van der Waals surface area contributed by atoms with Crippen molar-refractivity contribution in [3.63, 3.8) is 0 Å². The SMILES string of the molecule is C[C@H]1CCCC(C)(C)[C@@H]1[C@@H](O)c1ccsc1. The van der Waals surface area contributed by atoms with Crippen molar-refractivity contribution in [1.29, 1.82) is 0 Å². The Bertz CT molecular complexity index is 329. The summed E-state index contributed by atoms with van der Waals surface area (Å²) in [7, 11) is 0. The average Bonchev–Trinajstić information content (AvgIpc) is 2.68. The monoisotopic (exact) mass is 238 g/mol. The van der Waals surface area contributed by atoms with Gasteiger partial charge in [0.1, 0.15) is 0 Å². The molecule has 2 heteroatoms. The second kappa shape index (κ2) is 4.50. The van der Waals surface area contributed by atoms with Crippen LogP contribution in [0.2, 0.25) is 0 Å². The van der Waals surface area contributed by atoms with Gasteiger partial charge < -0.3 is 5.11 Å². The Morgan fingerprint density at radius 1 is 1.50 bits per heavy atom. The van der Waals surface area contributed by atoms with Gasteiger partial charge in [0.15, 0.2) is 0 Å². The molecule has 1 nitrogen and oxygen atoms in total. The highest BCUT2D eigenvalue weighted by atomic mass is 32.1. The number of aliphatic hydroxyl groups is 1. The second-order valence-corrected chi connectivity index (χ2v) is 6.67. The van der Waals surface area contributed by atoms with Crippen molar-refractivity contribution in [3.05, 3.63) is 22.4 Å². The number of hydrogen-bond acceptors (Lipinski definition) is 2. The van der Waals surface area contributed by atoms with Gasteiger partial charge >= 0.3 is 0 Å². The van der Waals surface area contributed by atoms with E-state index in [1.807, 2.05) is 0 Å². The van der Waals surface area contributed by atoms with Crippen molar-refractivity contribution in [1.82, 2.24) is 0 Å². The lowest BCUT2D eigenvalue weighted by Gasteiger charge is -2.45. The van der Waals surface area contributed by atoms with Crippen molar-refractivity contribution in [2.45, 2.75) is 46.1 Å². The Morgan fingerprint density at radius 2 is 2.25 bits per heavy atom. The summed E-state index contributed by atoms with van der Waals surface area (Å²) >= 11 is 1.67. The van der Waals surface area contributed by atoms with Crippen LogP contribution in [0, 0.1) is 17.3 Å². The lowest BCUT2D eigenvalue weighted by Crippen LogP contribution is -2.37. The van der Waals surface area contributed by atoms with E-state index in [-0.39, 0.29) is 11.5 Å². The van der Waals surface area contributed by atoms with Crippen LogP contribution in [-0.4, -0.2) is 5.11 Å². The molecule has 1 N–H and O–H groups in total. The maximum absolute atomic E-state index is 10.5. The fraction of sp³-hybridized carbons (Fsp3) is 0.714. The molecule has 1 aromatic rings. The first-order valence-corrected chi connectivity index (χ1v) is 7.17. The molecule has 0 unspecified atom stereocenters. The van der Waals surface area contributed by atoms with Crippen LogP contribution in [0.15, 0.2) is 16.8 Å². The predicted octanol–water partition coefficient (Wildman–Crippen LogP) is 4.24. The molecule has 3 atom stereocenters. The third kappa shape index (κ3) is 2.18. The first-order valence-electron chi connectivity index (χ1n) is 6.22. The topological polar surface area (TPSA) is 20.2 Å². The van der Waals surface area contributed by atoms with E-state index in [4.69, 9.17) is 0 Å². The molecule has 90 valence electrons. The smallest absolute Gasteiger partial charge is 0.0833 e. The van der Waals surface area contributed by atoms with Gasteiger partial charge in [0.2, 0.25) is 0 Å². The minimum absolute atomic E-state index is 0.263. The molecule has 1 heterocycles. The minimum Gasteiger partial charge on any atom is -0.388 e. The van der Waals surface area contributed by atoms with E-state index < -0.39 is 0 Å². The Hall–Kier alpha value is -0.340. The lowest BCUT2D eigenvalue weighted by atomic mass is 9.61. The number of thiophene rings is 1. The zero-order valence-corrected chi connectivity index (χ0v) is 11.3. The summed E-state index contributed by atoms with van der Waals surface area (Å²) in [6, 6.07) is 2.06. The molecule has 0 aromatic carbocycles. The van der Waals surface area contributed by atoms with Gasteiger partial charge in [-0.25, -0.2) is 0 Å². The van der Waals surface area contributed by atoms with Crippen molar-refractivity contribution in [2.24, 2.45) is 17.3 Å². The standard InChI is InChI=1S/C14H22OS/c1-10-5-4-7-14(2,3)12(10)13(15)11-6-8-16-9-11/h6,8-10,12-13,15H,4-5,7H2,1-3H3/t10-,12-,13-/m0/s1. The van der Waals surface area contributed by atoms with E-state index in [0.29, 0.717) is 11.8 Å². The lowest BCUT2D eigenvalue weighted by molar-refractivity contribution is -0.0290. The first kappa shape index (κ1) is 12.1. The summed E-state index contributed by atoms with van der Waals surface area (Å²) in [6.45, 7) is 6.91. The van der Waals surface area contributed by atoms with E-state index in [2.05, 4.69) is 37.6 Å². The van der Waals surface area contributed by atoms with Crippen LogP contribution in [0.3, 0.4) is 0 Å².